The first-order valence-electron chi connectivity index (χ1n) is 8.75. The van der Waals surface area contributed by atoms with Crippen LogP contribution in [0.3, 0.4) is 0 Å². The lowest BCUT2D eigenvalue weighted by atomic mass is 10.2. The molecule has 142 valence electrons. The highest BCUT2D eigenvalue weighted by Gasteiger charge is 2.21. The van der Waals surface area contributed by atoms with Crippen molar-refractivity contribution >= 4 is 23.6 Å². The Balaban J connectivity index is 1.42. The Hall–Kier alpha value is -2.54. The fourth-order valence-corrected chi connectivity index (χ4v) is 3.61. The van der Waals surface area contributed by atoms with Crippen LogP contribution in [0.25, 0.3) is 0 Å². The maximum atomic E-state index is 13.4. The highest BCUT2D eigenvalue weighted by atomic mass is 32.2. The van der Waals surface area contributed by atoms with Gasteiger partial charge in [-0.1, -0.05) is 18.2 Å². The molecule has 0 radical (unpaired) electrons. The summed E-state index contributed by atoms with van der Waals surface area (Å²) in [4.78, 5) is 26.8. The molecule has 2 aromatic rings. The van der Waals surface area contributed by atoms with Crippen LogP contribution in [-0.2, 0) is 16.1 Å². The van der Waals surface area contributed by atoms with E-state index in [0.29, 0.717) is 36.6 Å². The summed E-state index contributed by atoms with van der Waals surface area (Å²) in [6.07, 6.45) is 0.407. The largest absolute Gasteiger partial charge is 0.483 e. The second-order valence-corrected chi connectivity index (χ2v) is 7.29. The van der Waals surface area contributed by atoms with Crippen molar-refractivity contribution in [2.45, 2.75) is 17.9 Å². The summed E-state index contributed by atoms with van der Waals surface area (Å²) < 4.78 is 18.9. The molecule has 0 saturated heterocycles. The van der Waals surface area contributed by atoms with Crippen LogP contribution in [0.5, 0.6) is 5.75 Å². The Bertz CT molecular complexity index is 801. The zero-order chi connectivity index (χ0) is 19.1. The van der Waals surface area contributed by atoms with Gasteiger partial charge in [0.05, 0.1) is 0 Å². The number of nitrogens with zero attached hydrogens (tertiary/aromatic N) is 1. The molecule has 0 atom stereocenters. The van der Waals surface area contributed by atoms with Gasteiger partial charge in [-0.25, -0.2) is 4.39 Å². The molecule has 1 N–H and O–H groups in total. The zero-order valence-corrected chi connectivity index (χ0v) is 15.6. The SMILES string of the molecule is O=C(CCSc1ccccc1)NCCN1Cc2cc(F)ccc2OCC1=O. The monoisotopic (exact) mass is 388 g/mol. The van der Waals surface area contributed by atoms with E-state index in [1.807, 2.05) is 30.3 Å². The highest BCUT2D eigenvalue weighted by molar-refractivity contribution is 7.99. The van der Waals surface area contributed by atoms with E-state index in [9.17, 15) is 14.0 Å². The van der Waals surface area contributed by atoms with Gasteiger partial charge in [-0.2, -0.15) is 0 Å². The lowest BCUT2D eigenvalue weighted by molar-refractivity contribution is -0.133. The van der Waals surface area contributed by atoms with Gasteiger partial charge in [0.15, 0.2) is 6.61 Å². The van der Waals surface area contributed by atoms with E-state index in [1.165, 1.54) is 18.2 Å². The number of thioether (sulfide) groups is 1. The van der Waals surface area contributed by atoms with Gasteiger partial charge in [-0.15, -0.1) is 11.8 Å². The molecule has 0 unspecified atom stereocenters. The molecule has 1 aliphatic rings. The molecule has 0 spiro atoms. The fraction of sp³-hybridized carbons (Fsp3) is 0.300. The van der Waals surface area contributed by atoms with E-state index in [1.54, 1.807) is 16.7 Å². The number of carbonyl (C=O) groups is 2. The summed E-state index contributed by atoms with van der Waals surface area (Å²) in [6, 6.07) is 14.1. The Morgan fingerprint density at radius 3 is 2.85 bits per heavy atom. The first kappa shape index (κ1) is 19.2. The molecule has 2 amide bonds. The minimum atomic E-state index is -0.365. The fourth-order valence-electron chi connectivity index (χ4n) is 2.74. The number of halogens is 1. The summed E-state index contributed by atoms with van der Waals surface area (Å²) in [5.74, 6) is 0.618. The van der Waals surface area contributed by atoms with Crippen LogP contribution in [0.4, 0.5) is 4.39 Å². The molecule has 27 heavy (non-hydrogen) atoms. The van der Waals surface area contributed by atoms with Gasteiger partial charge < -0.3 is 15.0 Å². The van der Waals surface area contributed by atoms with E-state index in [0.717, 1.165) is 4.90 Å². The van der Waals surface area contributed by atoms with E-state index in [4.69, 9.17) is 4.74 Å². The normalized spacial score (nSPS) is 13.5. The van der Waals surface area contributed by atoms with Gasteiger partial charge in [0.1, 0.15) is 11.6 Å². The standard InChI is InChI=1S/C20H21FN2O3S/c21-16-6-7-18-15(12-16)13-23(20(25)14-26-18)10-9-22-19(24)8-11-27-17-4-2-1-3-5-17/h1-7,12H,8-11,13-14H2,(H,22,24). The number of nitrogens with one attached hydrogen (secondary N) is 1. The lowest BCUT2D eigenvalue weighted by Gasteiger charge is -2.20. The summed E-state index contributed by atoms with van der Waals surface area (Å²) in [5, 5.41) is 2.83. The van der Waals surface area contributed by atoms with Crippen LogP contribution >= 0.6 is 11.8 Å². The van der Waals surface area contributed by atoms with Gasteiger partial charge >= 0.3 is 0 Å². The van der Waals surface area contributed by atoms with Crippen molar-refractivity contribution in [2.75, 3.05) is 25.4 Å². The molecule has 0 saturated carbocycles. The summed E-state index contributed by atoms with van der Waals surface area (Å²) in [6.45, 7) is 0.896. The number of rotatable bonds is 7. The van der Waals surface area contributed by atoms with Crippen molar-refractivity contribution in [1.29, 1.82) is 0 Å². The van der Waals surface area contributed by atoms with Crippen molar-refractivity contribution in [3.8, 4) is 5.75 Å². The van der Waals surface area contributed by atoms with Gasteiger partial charge in [-0.05, 0) is 30.3 Å². The molecule has 0 aromatic heterocycles. The highest BCUT2D eigenvalue weighted by Crippen LogP contribution is 2.24. The van der Waals surface area contributed by atoms with Crippen LogP contribution in [0.2, 0.25) is 0 Å². The average Bonchev–Trinajstić information content (AvgIpc) is 2.81. The van der Waals surface area contributed by atoms with Crippen LogP contribution in [0, 0.1) is 5.82 Å². The van der Waals surface area contributed by atoms with Crippen molar-refractivity contribution in [3.63, 3.8) is 0 Å². The average molecular weight is 388 g/mol. The number of hydrogen-bond donors (Lipinski definition) is 1. The zero-order valence-electron chi connectivity index (χ0n) is 14.8. The molecule has 1 heterocycles. The molecule has 3 rings (SSSR count). The molecular formula is C20H21FN2O3S. The number of ether oxygens (including phenoxy) is 1. The first-order chi connectivity index (χ1) is 13.1. The Kier molecular flexibility index (Phi) is 6.70. The lowest BCUT2D eigenvalue weighted by Crippen LogP contribution is -2.39. The Labute approximate surface area is 161 Å². The molecular weight excluding hydrogens is 367 g/mol. The predicted molar refractivity (Wildman–Crippen MR) is 102 cm³/mol. The third-order valence-electron chi connectivity index (χ3n) is 4.13. The maximum Gasteiger partial charge on any atom is 0.260 e. The predicted octanol–water partition coefficient (Wildman–Crippen LogP) is 2.85. The molecule has 1 aliphatic heterocycles. The minimum absolute atomic E-state index is 0.0524. The van der Waals surface area contributed by atoms with Crippen LogP contribution in [0.1, 0.15) is 12.0 Å². The first-order valence-corrected chi connectivity index (χ1v) is 9.74. The van der Waals surface area contributed by atoms with Crippen LogP contribution in [-0.4, -0.2) is 42.2 Å². The van der Waals surface area contributed by atoms with E-state index in [-0.39, 0.29) is 30.8 Å². The van der Waals surface area contributed by atoms with E-state index in [2.05, 4.69) is 5.32 Å². The maximum absolute atomic E-state index is 13.4. The third-order valence-corrected chi connectivity index (χ3v) is 5.15. The van der Waals surface area contributed by atoms with Crippen molar-refractivity contribution < 1.29 is 18.7 Å². The molecule has 0 aliphatic carbocycles. The third kappa shape index (κ3) is 5.72. The van der Waals surface area contributed by atoms with Gasteiger partial charge in [0, 0.05) is 42.3 Å². The van der Waals surface area contributed by atoms with Gasteiger partial charge in [-0.3, -0.25) is 9.59 Å². The van der Waals surface area contributed by atoms with Crippen molar-refractivity contribution in [2.24, 2.45) is 0 Å². The summed E-state index contributed by atoms with van der Waals surface area (Å²) in [7, 11) is 0. The second-order valence-electron chi connectivity index (χ2n) is 6.12. The summed E-state index contributed by atoms with van der Waals surface area (Å²) >= 11 is 1.63. The summed E-state index contributed by atoms with van der Waals surface area (Å²) in [5.41, 5.74) is 0.631. The number of fused-ring (bicyclic) bond motifs is 1. The minimum Gasteiger partial charge on any atom is -0.483 e. The number of hydrogen-bond acceptors (Lipinski definition) is 4. The molecule has 2 aromatic carbocycles. The van der Waals surface area contributed by atoms with Crippen molar-refractivity contribution in [3.05, 3.63) is 59.9 Å². The van der Waals surface area contributed by atoms with Gasteiger partial charge in [0.25, 0.3) is 5.91 Å². The van der Waals surface area contributed by atoms with Crippen LogP contribution < -0.4 is 10.1 Å². The number of amides is 2. The molecule has 0 fully saturated rings. The topological polar surface area (TPSA) is 58.6 Å². The number of carbonyl (C=O) groups excluding carboxylic acids is 2. The van der Waals surface area contributed by atoms with Crippen molar-refractivity contribution in [1.82, 2.24) is 10.2 Å². The smallest absolute Gasteiger partial charge is 0.260 e. The Morgan fingerprint density at radius 2 is 2.04 bits per heavy atom. The van der Waals surface area contributed by atoms with Gasteiger partial charge in [0.2, 0.25) is 5.91 Å². The Morgan fingerprint density at radius 1 is 1.22 bits per heavy atom. The van der Waals surface area contributed by atoms with E-state index < -0.39 is 0 Å². The molecule has 5 nitrogen and oxygen atoms in total. The second kappa shape index (κ2) is 9.41. The molecule has 7 heteroatoms. The number of benzene rings is 2. The molecule has 0 bridgehead atoms. The quantitative estimate of drug-likeness (QED) is 0.741. The van der Waals surface area contributed by atoms with Crippen LogP contribution in [0.15, 0.2) is 53.4 Å². The van der Waals surface area contributed by atoms with E-state index >= 15 is 0 Å².